The Hall–Kier alpha value is -0.360. The molecule has 0 aromatic carbocycles. The van der Waals surface area contributed by atoms with Crippen LogP contribution in [0.3, 0.4) is 0 Å². The molecule has 0 bridgehead atoms. The number of aromatic nitrogens is 2. The zero-order valence-electron chi connectivity index (χ0n) is 10.5. The number of halogens is 1. The molecule has 2 aromatic heterocycles. The highest BCUT2D eigenvalue weighted by Crippen LogP contribution is 2.35. The number of aliphatic hydroxyl groups excluding tert-OH is 1. The summed E-state index contributed by atoms with van der Waals surface area (Å²) in [5.41, 5.74) is 0. The van der Waals surface area contributed by atoms with Gasteiger partial charge in [-0.05, 0) is 31.0 Å². The molecule has 2 aromatic rings. The van der Waals surface area contributed by atoms with Gasteiger partial charge < -0.3 is 5.11 Å². The summed E-state index contributed by atoms with van der Waals surface area (Å²) in [7, 11) is 0. The third-order valence-electron chi connectivity index (χ3n) is 2.71. The van der Waals surface area contributed by atoms with Crippen molar-refractivity contribution >= 4 is 44.9 Å². The standard InChI is InChI=1S/C12H15ClN2OS2/c1-4-8-5-9-10(17-7(3)6(2)16)14-12(13)15-11(9)18-8/h5-7,16H,4H2,1-3H3. The SMILES string of the molecule is CCc1cc2c(SC(C)C(C)O)nc(Cl)nc2s1. The van der Waals surface area contributed by atoms with Gasteiger partial charge in [-0.3, -0.25) is 0 Å². The van der Waals surface area contributed by atoms with E-state index in [1.54, 1.807) is 30.0 Å². The van der Waals surface area contributed by atoms with Crippen molar-refractivity contribution in [2.75, 3.05) is 0 Å². The van der Waals surface area contributed by atoms with Gasteiger partial charge in [0, 0.05) is 15.5 Å². The first-order chi connectivity index (χ1) is 8.51. The van der Waals surface area contributed by atoms with Crippen LogP contribution in [0.15, 0.2) is 11.1 Å². The van der Waals surface area contributed by atoms with E-state index in [9.17, 15) is 5.11 Å². The lowest BCUT2D eigenvalue weighted by molar-refractivity contribution is 0.196. The lowest BCUT2D eigenvalue weighted by Crippen LogP contribution is -2.15. The van der Waals surface area contributed by atoms with Gasteiger partial charge in [-0.1, -0.05) is 25.6 Å². The monoisotopic (exact) mass is 302 g/mol. The Morgan fingerprint density at radius 2 is 2.17 bits per heavy atom. The zero-order valence-corrected chi connectivity index (χ0v) is 12.9. The highest BCUT2D eigenvalue weighted by molar-refractivity contribution is 8.00. The van der Waals surface area contributed by atoms with Gasteiger partial charge in [0.05, 0.1) is 6.10 Å². The van der Waals surface area contributed by atoms with E-state index in [4.69, 9.17) is 11.6 Å². The normalized spacial score (nSPS) is 14.9. The maximum absolute atomic E-state index is 9.58. The second kappa shape index (κ2) is 5.74. The predicted octanol–water partition coefficient (Wildman–Crippen LogP) is 3.77. The molecule has 0 saturated heterocycles. The minimum atomic E-state index is -0.386. The minimum absolute atomic E-state index is 0.0733. The molecule has 0 aliphatic carbocycles. The highest BCUT2D eigenvalue weighted by Gasteiger charge is 2.16. The third-order valence-corrected chi connectivity index (χ3v) is 5.35. The molecule has 3 nitrogen and oxygen atoms in total. The molecule has 0 aliphatic heterocycles. The highest BCUT2D eigenvalue weighted by atomic mass is 35.5. The van der Waals surface area contributed by atoms with Crippen molar-refractivity contribution in [3.05, 3.63) is 16.2 Å². The second-order valence-corrected chi connectivity index (χ2v) is 6.97. The summed E-state index contributed by atoms with van der Waals surface area (Å²) in [4.78, 5) is 10.7. The number of hydrogen-bond acceptors (Lipinski definition) is 5. The van der Waals surface area contributed by atoms with Gasteiger partial charge in [-0.25, -0.2) is 9.97 Å². The number of nitrogens with zero attached hydrogens (tertiary/aromatic N) is 2. The van der Waals surface area contributed by atoms with Gasteiger partial charge in [0.25, 0.3) is 0 Å². The van der Waals surface area contributed by atoms with Crippen molar-refractivity contribution in [2.24, 2.45) is 0 Å². The average molecular weight is 303 g/mol. The maximum atomic E-state index is 9.58. The van der Waals surface area contributed by atoms with Crippen LogP contribution in [0.1, 0.15) is 25.6 Å². The molecule has 98 valence electrons. The molecule has 2 unspecified atom stereocenters. The number of fused-ring (bicyclic) bond motifs is 1. The Balaban J connectivity index is 2.44. The topological polar surface area (TPSA) is 46.0 Å². The van der Waals surface area contributed by atoms with Crippen LogP contribution in [-0.2, 0) is 6.42 Å². The molecule has 2 atom stereocenters. The van der Waals surface area contributed by atoms with Crippen LogP contribution in [0, 0.1) is 0 Å². The molecule has 0 aliphatic rings. The van der Waals surface area contributed by atoms with Crippen molar-refractivity contribution < 1.29 is 5.11 Å². The summed E-state index contributed by atoms with van der Waals surface area (Å²) in [6.45, 7) is 5.87. The van der Waals surface area contributed by atoms with Crippen LogP contribution in [0.5, 0.6) is 0 Å². The number of aryl methyl sites for hydroxylation is 1. The summed E-state index contributed by atoms with van der Waals surface area (Å²) in [5, 5.41) is 11.8. The van der Waals surface area contributed by atoms with Crippen molar-refractivity contribution in [3.8, 4) is 0 Å². The quantitative estimate of drug-likeness (QED) is 0.530. The summed E-state index contributed by atoms with van der Waals surface area (Å²) in [6, 6.07) is 2.12. The molecular weight excluding hydrogens is 288 g/mol. The predicted molar refractivity (Wildman–Crippen MR) is 78.8 cm³/mol. The fourth-order valence-electron chi connectivity index (χ4n) is 1.46. The number of hydrogen-bond donors (Lipinski definition) is 1. The Kier molecular flexibility index (Phi) is 4.48. The molecule has 1 N–H and O–H groups in total. The van der Waals surface area contributed by atoms with E-state index in [2.05, 4.69) is 23.0 Å². The van der Waals surface area contributed by atoms with Gasteiger partial charge in [-0.15, -0.1) is 11.3 Å². The van der Waals surface area contributed by atoms with Gasteiger partial charge in [0.15, 0.2) is 0 Å². The second-order valence-electron chi connectivity index (χ2n) is 4.15. The van der Waals surface area contributed by atoms with E-state index in [1.165, 1.54) is 4.88 Å². The number of aliphatic hydroxyl groups is 1. The van der Waals surface area contributed by atoms with Crippen LogP contribution in [0.4, 0.5) is 0 Å². The molecule has 0 radical (unpaired) electrons. The molecule has 0 fully saturated rings. The molecule has 18 heavy (non-hydrogen) atoms. The van der Waals surface area contributed by atoms with Crippen LogP contribution >= 0.6 is 34.7 Å². The molecule has 2 rings (SSSR count). The summed E-state index contributed by atoms with van der Waals surface area (Å²) in [5.74, 6) is 0. The minimum Gasteiger partial charge on any atom is -0.392 e. The van der Waals surface area contributed by atoms with Crippen LogP contribution in [-0.4, -0.2) is 26.4 Å². The molecule has 6 heteroatoms. The van der Waals surface area contributed by atoms with Crippen LogP contribution in [0.2, 0.25) is 5.28 Å². The third kappa shape index (κ3) is 2.96. The van der Waals surface area contributed by atoms with Gasteiger partial charge in [0.1, 0.15) is 9.86 Å². The first-order valence-electron chi connectivity index (χ1n) is 5.82. The van der Waals surface area contributed by atoms with Crippen molar-refractivity contribution in [2.45, 2.75) is 43.6 Å². The van der Waals surface area contributed by atoms with Crippen LogP contribution < -0.4 is 0 Å². The average Bonchev–Trinajstić information content (AvgIpc) is 2.71. The largest absolute Gasteiger partial charge is 0.392 e. The van der Waals surface area contributed by atoms with Crippen molar-refractivity contribution in [1.29, 1.82) is 0 Å². The van der Waals surface area contributed by atoms with Crippen LogP contribution in [0.25, 0.3) is 10.2 Å². The smallest absolute Gasteiger partial charge is 0.224 e. The first kappa shape index (κ1) is 14.1. The van der Waals surface area contributed by atoms with E-state index in [-0.39, 0.29) is 16.6 Å². The summed E-state index contributed by atoms with van der Waals surface area (Å²) >= 11 is 9.14. The fourth-order valence-corrected chi connectivity index (χ4v) is 3.73. The summed E-state index contributed by atoms with van der Waals surface area (Å²) < 4.78 is 0. The lowest BCUT2D eigenvalue weighted by atomic mass is 10.3. The Morgan fingerprint density at radius 1 is 1.44 bits per heavy atom. The Morgan fingerprint density at radius 3 is 2.78 bits per heavy atom. The molecule has 0 spiro atoms. The number of thiophene rings is 1. The molecular formula is C12H15ClN2OS2. The van der Waals surface area contributed by atoms with E-state index in [1.807, 2.05) is 6.92 Å². The number of thioether (sulfide) groups is 1. The van der Waals surface area contributed by atoms with E-state index in [0.717, 1.165) is 21.7 Å². The van der Waals surface area contributed by atoms with Crippen molar-refractivity contribution in [1.82, 2.24) is 9.97 Å². The van der Waals surface area contributed by atoms with Gasteiger partial charge in [0.2, 0.25) is 5.28 Å². The van der Waals surface area contributed by atoms with E-state index in [0.29, 0.717) is 0 Å². The van der Waals surface area contributed by atoms with Gasteiger partial charge >= 0.3 is 0 Å². The van der Waals surface area contributed by atoms with E-state index >= 15 is 0 Å². The molecule has 2 heterocycles. The lowest BCUT2D eigenvalue weighted by Gasteiger charge is -2.13. The molecule has 0 saturated carbocycles. The Labute approximate surface area is 120 Å². The van der Waals surface area contributed by atoms with Gasteiger partial charge in [-0.2, -0.15) is 0 Å². The van der Waals surface area contributed by atoms with Crippen molar-refractivity contribution in [3.63, 3.8) is 0 Å². The Bertz CT molecular complexity index is 556. The fraction of sp³-hybridized carbons (Fsp3) is 0.500. The maximum Gasteiger partial charge on any atom is 0.224 e. The van der Waals surface area contributed by atoms with E-state index < -0.39 is 0 Å². The molecule has 0 amide bonds. The number of rotatable bonds is 4. The zero-order chi connectivity index (χ0) is 13.3. The summed E-state index contributed by atoms with van der Waals surface area (Å²) in [6.07, 6.45) is 0.595. The first-order valence-corrected chi connectivity index (χ1v) is 7.89.